The van der Waals surface area contributed by atoms with E-state index < -0.39 is 0 Å². The normalized spacial score (nSPS) is 11.5. The standard InChI is InChI=1S/C54H36N2O/c1-3-12-37(13-4-1)39-22-27-43(28-23-39)55(46-31-32-49-48-19-8-10-21-53(48)57-54(49)36-46)45-17-11-16-41(34-45)42-26-33-52-50(35-42)47-18-7-9-20-51(47)56(52)44-29-24-40(25-30-44)38-14-5-2-6-15-38/h1-36H. The lowest BCUT2D eigenvalue weighted by Crippen LogP contribution is -2.10. The minimum atomic E-state index is 0.868. The first-order valence-electron chi connectivity index (χ1n) is 19.4. The molecule has 0 aliphatic carbocycles. The highest BCUT2D eigenvalue weighted by Crippen LogP contribution is 2.41. The van der Waals surface area contributed by atoms with Crippen LogP contribution in [0.25, 0.3) is 82.8 Å². The summed E-state index contributed by atoms with van der Waals surface area (Å²) in [4.78, 5) is 2.33. The Kier molecular flexibility index (Phi) is 7.82. The monoisotopic (exact) mass is 728 g/mol. The van der Waals surface area contributed by atoms with Gasteiger partial charge in [0.2, 0.25) is 0 Å². The third-order valence-corrected chi connectivity index (χ3v) is 11.2. The SMILES string of the molecule is c1ccc(-c2ccc(N(c3cccc(-c4ccc5c(c4)c4ccccc4n5-c4ccc(-c5ccccc5)cc4)c3)c3ccc4c(c3)oc3ccccc34)cc2)cc1. The van der Waals surface area contributed by atoms with Crippen LogP contribution in [0.5, 0.6) is 0 Å². The van der Waals surface area contributed by atoms with Crippen LogP contribution in [-0.4, -0.2) is 4.57 Å². The number of para-hydroxylation sites is 2. The van der Waals surface area contributed by atoms with Gasteiger partial charge in [-0.15, -0.1) is 0 Å². The van der Waals surface area contributed by atoms with E-state index in [1.54, 1.807) is 0 Å². The predicted molar refractivity (Wildman–Crippen MR) is 239 cm³/mol. The molecule has 268 valence electrons. The third kappa shape index (κ3) is 5.76. The van der Waals surface area contributed by atoms with E-state index in [1.165, 1.54) is 49.6 Å². The number of fused-ring (bicyclic) bond motifs is 6. The van der Waals surface area contributed by atoms with Crippen molar-refractivity contribution < 1.29 is 4.42 Å². The van der Waals surface area contributed by atoms with Crippen LogP contribution < -0.4 is 4.90 Å². The van der Waals surface area contributed by atoms with Crippen LogP contribution in [0.3, 0.4) is 0 Å². The number of aromatic nitrogens is 1. The van der Waals surface area contributed by atoms with Gasteiger partial charge < -0.3 is 13.9 Å². The zero-order chi connectivity index (χ0) is 37.7. The fourth-order valence-electron chi connectivity index (χ4n) is 8.42. The number of hydrogen-bond acceptors (Lipinski definition) is 2. The molecule has 0 amide bonds. The van der Waals surface area contributed by atoms with E-state index in [9.17, 15) is 0 Å². The Balaban J connectivity index is 1.02. The van der Waals surface area contributed by atoms with Gasteiger partial charge in [-0.1, -0.05) is 140 Å². The molecule has 0 N–H and O–H groups in total. The first-order chi connectivity index (χ1) is 28.2. The molecule has 11 aromatic rings. The lowest BCUT2D eigenvalue weighted by molar-refractivity contribution is 0.669. The molecule has 9 aromatic carbocycles. The highest BCUT2D eigenvalue weighted by atomic mass is 16.3. The molecule has 3 nitrogen and oxygen atoms in total. The molecule has 2 aromatic heterocycles. The van der Waals surface area contributed by atoms with Crippen LogP contribution in [0.2, 0.25) is 0 Å². The summed E-state index contributed by atoms with van der Waals surface area (Å²) in [6.07, 6.45) is 0. The lowest BCUT2D eigenvalue weighted by Gasteiger charge is -2.26. The molecule has 0 unspecified atom stereocenters. The molecule has 0 aliphatic rings. The van der Waals surface area contributed by atoms with E-state index in [0.29, 0.717) is 0 Å². The van der Waals surface area contributed by atoms with E-state index in [4.69, 9.17) is 4.42 Å². The molecule has 0 radical (unpaired) electrons. The average molecular weight is 729 g/mol. The first-order valence-corrected chi connectivity index (χ1v) is 19.4. The minimum absolute atomic E-state index is 0.868. The van der Waals surface area contributed by atoms with Crippen molar-refractivity contribution in [3.05, 3.63) is 218 Å². The van der Waals surface area contributed by atoms with Crippen LogP contribution >= 0.6 is 0 Å². The van der Waals surface area contributed by atoms with Gasteiger partial charge in [0.05, 0.1) is 11.0 Å². The zero-order valence-electron chi connectivity index (χ0n) is 31.1. The molecular formula is C54H36N2O. The Morgan fingerprint density at radius 1 is 0.298 bits per heavy atom. The number of anilines is 3. The van der Waals surface area contributed by atoms with Crippen molar-refractivity contribution in [2.75, 3.05) is 4.90 Å². The van der Waals surface area contributed by atoms with Crippen LogP contribution in [-0.2, 0) is 0 Å². The Morgan fingerprint density at radius 3 is 1.58 bits per heavy atom. The molecule has 3 heteroatoms. The van der Waals surface area contributed by atoms with Crippen molar-refractivity contribution >= 4 is 60.8 Å². The molecule has 0 saturated heterocycles. The Hall–Kier alpha value is -7.62. The van der Waals surface area contributed by atoms with E-state index in [0.717, 1.165) is 50.3 Å². The molecular weight excluding hydrogens is 693 g/mol. The third-order valence-electron chi connectivity index (χ3n) is 11.2. The van der Waals surface area contributed by atoms with Gasteiger partial charge in [0.1, 0.15) is 11.2 Å². The van der Waals surface area contributed by atoms with E-state index in [2.05, 4.69) is 216 Å². The van der Waals surface area contributed by atoms with Crippen molar-refractivity contribution in [3.8, 4) is 39.1 Å². The van der Waals surface area contributed by atoms with Crippen LogP contribution in [0, 0.1) is 0 Å². The highest BCUT2D eigenvalue weighted by molar-refractivity contribution is 6.11. The predicted octanol–water partition coefficient (Wildman–Crippen LogP) is 15.2. The fraction of sp³-hybridized carbons (Fsp3) is 0. The summed E-state index contributed by atoms with van der Waals surface area (Å²) in [6, 6.07) is 78.1. The second-order valence-corrected chi connectivity index (χ2v) is 14.6. The van der Waals surface area contributed by atoms with Crippen molar-refractivity contribution in [2.45, 2.75) is 0 Å². The summed E-state index contributed by atoms with van der Waals surface area (Å²) >= 11 is 0. The van der Waals surface area contributed by atoms with Gasteiger partial charge in [0.25, 0.3) is 0 Å². The van der Waals surface area contributed by atoms with Crippen molar-refractivity contribution in [1.29, 1.82) is 0 Å². The summed E-state index contributed by atoms with van der Waals surface area (Å²) in [5.41, 5.74) is 15.6. The highest BCUT2D eigenvalue weighted by Gasteiger charge is 2.18. The van der Waals surface area contributed by atoms with E-state index in [-0.39, 0.29) is 0 Å². The van der Waals surface area contributed by atoms with E-state index in [1.807, 2.05) is 12.1 Å². The van der Waals surface area contributed by atoms with Gasteiger partial charge in [-0.3, -0.25) is 0 Å². The second-order valence-electron chi connectivity index (χ2n) is 14.6. The fourth-order valence-corrected chi connectivity index (χ4v) is 8.42. The maximum atomic E-state index is 6.39. The first kappa shape index (κ1) is 32.8. The van der Waals surface area contributed by atoms with Crippen LogP contribution in [0.4, 0.5) is 17.1 Å². The van der Waals surface area contributed by atoms with Gasteiger partial charge in [-0.05, 0) is 106 Å². The Bertz CT molecular complexity index is 3210. The lowest BCUT2D eigenvalue weighted by atomic mass is 10.0. The van der Waals surface area contributed by atoms with Gasteiger partial charge >= 0.3 is 0 Å². The van der Waals surface area contributed by atoms with Crippen molar-refractivity contribution in [1.82, 2.24) is 4.57 Å². The van der Waals surface area contributed by atoms with Crippen molar-refractivity contribution in [3.63, 3.8) is 0 Å². The van der Waals surface area contributed by atoms with Gasteiger partial charge in [0, 0.05) is 50.4 Å². The molecule has 11 rings (SSSR count). The number of furan rings is 1. The number of benzene rings is 9. The summed E-state index contributed by atoms with van der Waals surface area (Å²) in [7, 11) is 0. The molecule has 0 aliphatic heterocycles. The Morgan fingerprint density at radius 2 is 0.825 bits per heavy atom. The summed E-state index contributed by atoms with van der Waals surface area (Å²) in [5.74, 6) is 0. The zero-order valence-corrected chi connectivity index (χ0v) is 31.1. The van der Waals surface area contributed by atoms with Gasteiger partial charge in [-0.2, -0.15) is 0 Å². The van der Waals surface area contributed by atoms with Gasteiger partial charge in [-0.25, -0.2) is 0 Å². The summed E-state index contributed by atoms with van der Waals surface area (Å²) in [6.45, 7) is 0. The minimum Gasteiger partial charge on any atom is -0.456 e. The molecule has 0 fully saturated rings. The molecule has 0 spiro atoms. The number of rotatable bonds is 7. The average Bonchev–Trinajstić information content (AvgIpc) is 3.83. The van der Waals surface area contributed by atoms with Gasteiger partial charge in [0.15, 0.2) is 0 Å². The molecule has 2 heterocycles. The molecule has 57 heavy (non-hydrogen) atoms. The Labute approximate surface area is 330 Å². The maximum Gasteiger partial charge on any atom is 0.137 e. The largest absolute Gasteiger partial charge is 0.456 e. The maximum absolute atomic E-state index is 6.39. The van der Waals surface area contributed by atoms with Crippen LogP contribution in [0.1, 0.15) is 0 Å². The summed E-state index contributed by atoms with van der Waals surface area (Å²) in [5, 5.41) is 4.70. The summed E-state index contributed by atoms with van der Waals surface area (Å²) < 4.78 is 8.78. The topological polar surface area (TPSA) is 21.3 Å². The molecule has 0 saturated carbocycles. The van der Waals surface area contributed by atoms with Crippen molar-refractivity contribution in [2.24, 2.45) is 0 Å². The smallest absolute Gasteiger partial charge is 0.137 e. The quantitative estimate of drug-likeness (QED) is 0.163. The van der Waals surface area contributed by atoms with E-state index >= 15 is 0 Å². The molecule has 0 atom stereocenters. The number of hydrogen-bond donors (Lipinski definition) is 0. The number of nitrogens with zero attached hydrogens (tertiary/aromatic N) is 2. The molecule has 0 bridgehead atoms. The van der Waals surface area contributed by atoms with Crippen LogP contribution in [0.15, 0.2) is 223 Å². The second kappa shape index (κ2) is 13.6.